The number of methoxy groups -OCH3 is 1. The van der Waals surface area contributed by atoms with E-state index in [0.717, 1.165) is 19.3 Å². The molecule has 1 aromatic rings. The van der Waals surface area contributed by atoms with E-state index in [9.17, 15) is 9.59 Å². The molecule has 1 aliphatic carbocycles. The van der Waals surface area contributed by atoms with Gasteiger partial charge in [-0.2, -0.15) is 0 Å². The molecule has 0 spiro atoms. The summed E-state index contributed by atoms with van der Waals surface area (Å²) >= 11 is 0. The molecule has 0 aliphatic heterocycles. The Morgan fingerprint density at radius 2 is 1.95 bits per heavy atom. The van der Waals surface area contributed by atoms with Crippen molar-refractivity contribution in [2.24, 2.45) is 0 Å². The van der Waals surface area contributed by atoms with E-state index in [1.54, 1.807) is 13.2 Å². The van der Waals surface area contributed by atoms with Crippen molar-refractivity contribution in [3.8, 4) is 0 Å². The van der Waals surface area contributed by atoms with E-state index < -0.39 is 11.7 Å². The molecular formula is C15H19NO3. The zero-order valence-electron chi connectivity index (χ0n) is 11.2. The van der Waals surface area contributed by atoms with Gasteiger partial charge in [-0.05, 0) is 42.9 Å². The number of carbonyl (C=O) groups is 2. The monoisotopic (exact) mass is 261 g/mol. The largest absolute Gasteiger partial charge is 0.383 e. The summed E-state index contributed by atoms with van der Waals surface area (Å²) in [6.07, 6.45) is 4.44. The average Bonchev–Trinajstić information content (AvgIpc) is 2.46. The zero-order chi connectivity index (χ0) is 13.7. The quantitative estimate of drug-likeness (QED) is 0.496. The first-order valence-corrected chi connectivity index (χ1v) is 6.65. The minimum atomic E-state index is -0.562. The van der Waals surface area contributed by atoms with E-state index in [0.29, 0.717) is 18.7 Å². The number of ether oxygens (including phenoxy) is 1. The molecule has 0 fully saturated rings. The van der Waals surface area contributed by atoms with Gasteiger partial charge in [-0.1, -0.05) is 12.1 Å². The third kappa shape index (κ3) is 3.41. The van der Waals surface area contributed by atoms with Crippen LogP contribution in [0.25, 0.3) is 0 Å². The SMILES string of the molecule is COCCNC(=O)C(=O)c1ccc2c(c1)CCCC2. The predicted octanol–water partition coefficient (Wildman–Crippen LogP) is 1.51. The van der Waals surface area contributed by atoms with Crippen LogP contribution in [-0.2, 0) is 22.4 Å². The molecule has 2 rings (SSSR count). The number of fused-ring (bicyclic) bond motifs is 1. The Bertz CT molecular complexity index is 482. The highest BCUT2D eigenvalue weighted by Gasteiger charge is 2.18. The van der Waals surface area contributed by atoms with Gasteiger partial charge in [0.05, 0.1) is 6.61 Å². The van der Waals surface area contributed by atoms with Crippen LogP contribution in [0.4, 0.5) is 0 Å². The van der Waals surface area contributed by atoms with Gasteiger partial charge in [-0.25, -0.2) is 0 Å². The molecule has 0 saturated heterocycles. The summed E-state index contributed by atoms with van der Waals surface area (Å²) < 4.78 is 4.83. The lowest BCUT2D eigenvalue weighted by molar-refractivity contribution is -0.117. The van der Waals surface area contributed by atoms with Crippen molar-refractivity contribution >= 4 is 11.7 Å². The Kier molecular flexibility index (Phi) is 4.68. The van der Waals surface area contributed by atoms with Crippen molar-refractivity contribution in [1.82, 2.24) is 5.32 Å². The van der Waals surface area contributed by atoms with Crippen LogP contribution in [0.5, 0.6) is 0 Å². The van der Waals surface area contributed by atoms with Gasteiger partial charge in [0.1, 0.15) is 0 Å². The fourth-order valence-corrected chi connectivity index (χ4v) is 2.35. The molecule has 1 aromatic carbocycles. The lowest BCUT2D eigenvalue weighted by Crippen LogP contribution is -2.33. The molecule has 102 valence electrons. The maximum Gasteiger partial charge on any atom is 0.292 e. The van der Waals surface area contributed by atoms with Gasteiger partial charge in [0.2, 0.25) is 5.78 Å². The van der Waals surface area contributed by atoms with Crippen molar-refractivity contribution in [1.29, 1.82) is 0 Å². The van der Waals surface area contributed by atoms with Crippen LogP contribution in [0.3, 0.4) is 0 Å². The number of carbonyl (C=O) groups excluding carboxylic acids is 2. The normalized spacial score (nSPS) is 13.7. The van der Waals surface area contributed by atoms with E-state index in [-0.39, 0.29) is 0 Å². The zero-order valence-corrected chi connectivity index (χ0v) is 11.2. The Labute approximate surface area is 113 Å². The minimum Gasteiger partial charge on any atom is -0.383 e. The van der Waals surface area contributed by atoms with E-state index in [4.69, 9.17) is 4.74 Å². The molecule has 19 heavy (non-hydrogen) atoms. The first-order valence-electron chi connectivity index (χ1n) is 6.65. The third-order valence-corrected chi connectivity index (χ3v) is 3.41. The highest BCUT2D eigenvalue weighted by molar-refractivity contribution is 6.42. The molecule has 4 heteroatoms. The molecular weight excluding hydrogens is 242 g/mol. The van der Waals surface area contributed by atoms with Crippen LogP contribution in [0, 0.1) is 0 Å². The van der Waals surface area contributed by atoms with Gasteiger partial charge in [-0.15, -0.1) is 0 Å². The number of hydrogen-bond donors (Lipinski definition) is 1. The van der Waals surface area contributed by atoms with E-state index in [1.807, 2.05) is 12.1 Å². The van der Waals surface area contributed by atoms with Crippen molar-refractivity contribution < 1.29 is 14.3 Å². The maximum absolute atomic E-state index is 12.0. The van der Waals surface area contributed by atoms with Gasteiger partial charge in [-0.3, -0.25) is 9.59 Å². The Hall–Kier alpha value is -1.68. The molecule has 1 N–H and O–H groups in total. The average molecular weight is 261 g/mol. The number of Topliss-reactive ketones (excluding diaryl/α,β-unsaturated/α-hetero) is 1. The Balaban J connectivity index is 2.04. The molecule has 0 unspecified atom stereocenters. The minimum absolute atomic E-state index is 0.353. The molecule has 0 heterocycles. The second kappa shape index (κ2) is 6.48. The summed E-state index contributed by atoms with van der Waals surface area (Å²) in [5.41, 5.74) is 3.00. The number of hydrogen-bond acceptors (Lipinski definition) is 3. The summed E-state index contributed by atoms with van der Waals surface area (Å²) in [5.74, 6) is -1.03. The molecule has 0 aromatic heterocycles. The van der Waals surface area contributed by atoms with Gasteiger partial charge in [0.25, 0.3) is 5.91 Å². The Morgan fingerprint density at radius 1 is 1.21 bits per heavy atom. The van der Waals surface area contributed by atoms with E-state index in [1.165, 1.54) is 17.5 Å². The predicted molar refractivity (Wildman–Crippen MR) is 72.3 cm³/mol. The molecule has 4 nitrogen and oxygen atoms in total. The highest BCUT2D eigenvalue weighted by atomic mass is 16.5. The smallest absolute Gasteiger partial charge is 0.292 e. The van der Waals surface area contributed by atoms with Crippen molar-refractivity contribution in [3.63, 3.8) is 0 Å². The number of amides is 1. The first kappa shape index (κ1) is 13.7. The van der Waals surface area contributed by atoms with E-state index >= 15 is 0 Å². The molecule has 1 amide bonds. The van der Waals surface area contributed by atoms with Gasteiger partial charge in [0, 0.05) is 19.2 Å². The summed E-state index contributed by atoms with van der Waals surface area (Å²) in [4.78, 5) is 23.6. The molecule has 0 atom stereocenters. The summed E-state index contributed by atoms with van der Waals surface area (Å²) in [6, 6.07) is 5.60. The lowest BCUT2D eigenvalue weighted by Gasteiger charge is -2.16. The van der Waals surface area contributed by atoms with Crippen molar-refractivity contribution in [2.45, 2.75) is 25.7 Å². The number of benzene rings is 1. The summed E-state index contributed by atoms with van der Waals surface area (Å²) in [6.45, 7) is 0.759. The third-order valence-electron chi connectivity index (χ3n) is 3.41. The van der Waals surface area contributed by atoms with Crippen LogP contribution < -0.4 is 5.32 Å². The topological polar surface area (TPSA) is 55.4 Å². The lowest BCUT2D eigenvalue weighted by atomic mass is 9.90. The van der Waals surface area contributed by atoms with E-state index in [2.05, 4.69) is 5.32 Å². The van der Waals surface area contributed by atoms with Gasteiger partial charge >= 0.3 is 0 Å². The standard InChI is InChI=1S/C15H19NO3/c1-19-9-8-16-15(18)14(17)13-7-6-11-4-2-3-5-12(11)10-13/h6-7,10H,2-5,8-9H2,1H3,(H,16,18). The van der Waals surface area contributed by atoms with Crippen LogP contribution in [0.2, 0.25) is 0 Å². The first-order chi connectivity index (χ1) is 9.22. The molecule has 0 saturated carbocycles. The molecule has 1 aliphatic rings. The Morgan fingerprint density at radius 3 is 2.68 bits per heavy atom. The highest BCUT2D eigenvalue weighted by Crippen LogP contribution is 2.22. The summed E-state index contributed by atoms with van der Waals surface area (Å²) in [7, 11) is 1.55. The van der Waals surface area contributed by atoms with Crippen LogP contribution in [0.1, 0.15) is 34.3 Å². The fourth-order valence-electron chi connectivity index (χ4n) is 2.35. The number of aryl methyl sites for hydroxylation is 2. The maximum atomic E-state index is 12.0. The second-order valence-corrected chi connectivity index (χ2v) is 4.77. The fraction of sp³-hybridized carbons (Fsp3) is 0.467. The van der Waals surface area contributed by atoms with Crippen LogP contribution in [0.15, 0.2) is 18.2 Å². The second-order valence-electron chi connectivity index (χ2n) is 4.77. The number of rotatable bonds is 5. The van der Waals surface area contributed by atoms with Crippen LogP contribution >= 0.6 is 0 Å². The van der Waals surface area contributed by atoms with Crippen LogP contribution in [-0.4, -0.2) is 32.0 Å². The van der Waals surface area contributed by atoms with Crippen molar-refractivity contribution in [2.75, 3.05) is 20.3 Å². The van der Waals surface area contributed by atoms with Crippen molar-refractivity contribution in [3.05, 3.63) is 34.9 Å². The van der Waals surface area contributed by atoms with Gasteiger partial charge < -0.3 is 10.1 Å². The summed E-state index contributed by atoms with van der Waals surface area (Å²) in [5, 5.41) is 2.55. The molecule has 0 bridgehead atoms. The number of ketones is 1. The van der Waals surface area contributed by atoms with Gasteiger partial charge in [0.15, 0.2) is 0 Å². The molecule has 0 radical (unpaired) electrons. The number of nitrogens with one attached hydrogen (secondary N) is 1.